The lowest BCUT2D eigenvalue weighted by Crippen LogP contribution is -2.31. The van der Waals surface area contributed by atoms with Gasteiger partial charge in [-0.1, -0.05) is 6.92 Å². The third kappa shape index (κ3) is 4.18. The predicted octanol–water partition coefficient (Wildman–Crippen LogP) is 4.24. The highest BCUT2D eigenvalue weighted by Crippen LogP contribution is 2.29. The first-order valence-corrected chi connectivity index (χ1v) is 9.28. The third-order valence-electron chi connectivity index (χ3n) is 3.91. The zero-order chi connectivity index (χ0) is 17.1. The second-order valence-electron chi connectivity index (χ2n) is 5.65. The fraction of sp³-hybridized carbons (Fsp3) is 0.471. The maximum atomic E-state index is 12.6. The number of thiazole rings is 1. The number of carbonyl (C=O) groups excluding carboxylic acids is 1. The highest BCUT2D eigenvalue weighted by Gasteiger charge is 2.22. The van der Waals surface area contributed by atoms with E-state index in [2.05, 4.69) is 39.7 Å². The minimum Gasteiger partial charge on any atom is -0.338 e. The number of pyridine rings is 1. The Morgan fingerprint density at radius 3 is 2.65 bits per heavy atom. The van der Waals surface area contributed by atoms with Gasteiger partial charge >= 0.3 is 0 Å². The first kappa shape index (κ1) is 18.1. The van der Waals surface area contributed by atoms with Gasteiger partial charge in [0.15, 0.2) is 0 Å². The van der Waals surface area contributed by atoms with E-state index in [0.29, 0.717) is 6.42 Å². The molecule has 1 unspecified atom stereocenters. The van der Waals surface area contributed by atoms with Gasteiger partial charge in [-0.3, -0.25) is 9.78 Å². The van der Waals surface area contributed by atoms with Crippen LogP contribution in [0.2, 0.25) is 0 Å². The molecule has 0 spiro atoms. The van der Waals surface area contributed by atoms with Gasteiger partial charge in [-0.15, -0.1) is 11.3 Å². The van der Waals surface area contributed by atoms with E-state index in [1.807, 2.05) is 33.0 Å². The SMILES string of the molecule is CCc1nc(C)c(C(C)N(C)C(=O)Cc2nc(C)ccc2Br)s1. The van der Waals surface area contributed by atoms with Crippen molar-refractivity contribution in [3.63, 3.8) is 0 Å². The molecular formula is C17H22BrN3OS. The van der Waals surface area contributed by atoms with Gasteiger partial charge in [0.25, 0.3) is 0 Å². The molecule has 0 aliphatic carbocycles. The van der Waals surface area contributed by atoms with Crippen LogP contribution in [0.3, 0.4) is 0 Å². The number of hydrogen-bond acceptors (Lipinski definition) is 4. The lowest BCUT2D eigenvalue weighted by atomic mass is 10.2. The van der Waals surface area contributed by atoms with E-state index in [0.717, 1.165) is 37.9 Å². The second-order valence-corrected chi connectivity index (χ2v) is 7.62. The quantitative estimate of drug-likeness (QED) is 0.760. The van der Waals surface area contributed by atoms with Crippen molar-refractivity contribution in [1.82, 2.24) is 14.9 Å². The summed E-state index contributed by atoms with van der Waals surface area (Å²) >= 11 is 5.17. The van der Waals surface area contributed by atoms with Crippen molar-refractivity contribution in [3.05, 3.63) is 43.6 Å². The summed E-state index contributed by atoms with van der Waals surface area (Å²) in [5.41, 5.74) is 2.72. The van der Waals surface area contributed by atoms with E-state index < -0.39 is 0 Å². The summed E-state index contributed by atoms with van der Waals surface area (Å²) in [6.45, 7) is 8.09. The predicted molar refractivity (Wildman–Crippen MR) is 97.8 cm³/mol. The van der Waals surface area contributed by atoms with E-state index in [9.17, 15) is 4.79 Å². The Hall–Kier alpha value is -1.27. The zero-order valence-corrected chi connectivity index (χ0v) is 16.6. The average molecular weight is 396 g/mol. The molecule has 1 atom stereocenters. The molecule has 0 aromatic carbocycles. The van der Waals surface area contributed by atoms with Gasteiger partial charge in [0.2, 0.25) is 5.91 Å². The Morgan fingerprint density at radius 2 is 2.04 bits per heavy atom. The lowest BCUT2D eigenvalue weighted by molar-refractivity contribution is -0.131. The molecule has 0 saturated heterocycles. The van der Waals surface area contributed by atoms with Gasteiger partial charge in [0, 0.05) is 22.1 Å². The molecule has 2 rings (SSSR count). The van der Waals surface area contributed by atoms with Crippen molar-refractivity contribution in [2.24, 2.45) is 0 Å². The van der Waals surface area contributed by atoms with Crippen molar-refractivity contribution in [2.75, 3.05) is 7.05 Å². The van der Waals surface area contributed by atoms with Crippen LogP contribution in [0.15, 0.2) is 16.6 Å². The van der Waals surface area contributed by atoms with Gasteiger partial charge in [-0.25, -0.2) is 4.98 Å². The lowest BCUT2D eigenvalue weighted by Gasteiger charge is -2.24. The molecular weight excluding hydrogens is 374 g/mol. The summed E-state index contributed by atoms with van der Waals surface area (Å²) in [5, 5.41) is 1.12. The van der Waals surface area contributed by atoms with Crippen LogP contribution >= 0.6 is 27.3 Å². The van der Waals surface area contributed by atoms with Gasteiger partial charge in [0.1, 0.15) is 0 Å². The molecule has 0 aliphatic heterocycles. The van der Waals surface area contributed by atoms with Crippen molar-refractivity contribution >= 4 is 33.2 Å². The van der Waals surface area contributed by atoms with Crippen LogP contribution in [0.5, 0.6) is 0 Å². The Morgan fingerprint density at radius 1 is 1.35 bits per heavy atom. The normalized spacial score (nSPS) is 12.3. The summed E-state index contributed by atoms with van der Waals surface area (Å²) < 4.78 is 0.875. The molecule has 124 valence electrons. The standard InChI is InChI=1S/C17H22BrN3OS/c1-6-15-20-11(3)17(23-15)12(4)21(5)16(22)9-14-13(18)8-7-10(2)19-14/h7-8,12H,6,9H2,1-5H3. The van der Waals surface area contributed by atoms with Crippen LogP contribution in [0, 0.1) is 13.8 Å². The van der Waals surface area contributed by atoms with Gasteiger partial charge in [-0.2, -0.15) is 0 Å². The number of halogens is 1. The molecule has 0 N–H and O–H groups in total. The van der Waals surface area contributed by atoms with Crippen molar-refractivity contribution in [3.8, 4) is 0 Å². The second kappa shape index (κ2) is 7.53. The average Bonchev–Trinajstić information content (AvgIpc) is 2.90. The molecule has 2 aromatic rings. The van der Waals surface area contributed by atoms with Gasteiger partial charge < -0.3 is 4.90 Å². The van der Waals surface area contributed by atoms with E-state index in [1.165, 1.54) is 0 Å². The van der Waals surface area contributed by atoms with Crippen LogP contribution in [0.1, 0.15) is 46.9 Å². The maximum absolute atomic E-state index is 12.6. The first-order chi connectivity index (χ1) is 10.8. The number of nitrogens with zero attached hydrogens (tertiary/aromatic N) is 3. The minimum atomic E-state index is 0.0175. The molecule has 0 saturated carbocycles. The fourth-order valence-corrected chi connectivity index (χ4v) is 3.85. The first-order valence-electron chi connectivity index (χ1n) is 7.67. The van der Waals surface area contributed by atoms with Gasteiger partial charge in [-0.05, 0) is 55.3 Å². The highest BCUT2D eigenvalue weighted by atomic mass is 79.9. The van der Waals surface area contributed by atoms with Crippen LogP contribution in [0.25, 0.3) is 0 Å². The molecule has 0 bridgehead atoms. The van der Waals surface area contributed by atoms with Crippen molar-refractivity contribution in [2.45, 2.75) is 46.6 Å². The molecule has 1 amide bonds. The third-order valence-corrected chi connectivity index (χ3v) is 6.10. The van der Waals surface area contributed by atoms with Crippen LogP contribution in [-0.4, -0.2) is 27.8 Å². The monoisotopic (exact) mass is 395 g/mol. The maximum Gasteiger partial charge on any atom is 0.228 e. The number of likely N-dealkylation sites (N-methyl/N-ethyl adjacent to an activating group) is 1. The number of amides is 1. The van der Waals surface area contributed by atoms with E-state index in [-0.39, 0.29) is 11.9 Å². The van der Waals surface area contributed by atoms with E-state index >= 15 is 0 Å². The molecule has 0 fully saturated rings. The number of hydrogen-bond donors (Lipinski definition) is 0. The molecule has 4 nitrogen and oxygen atoms in total. The topological polar surface area (TPSA) is 46.1 Å². The Bertz CT molecular complexity index is 714. The largest absolute Gasteiger partial charge is 0.338 e. The van der Waals surface area contributed by atoms with Crippen molar-refractivity contribution in [1.29, 1.82) is 0 Å². The van der Waals surface area contributed by atoms with Crippen LogP contribution in [-0.2, 0) is 17.6 Å². The number of carbonyl (C=O) groups is 1. The molecule has 0 radical (unpaired) electrons. The van der Waals surface area contributed by atoms with Crippen molar-refractivity contribution < 1.29 is 4.79 Å². The smallest absolute Gasteiger partial charge is 0.228 e. The summed E-state index contributed by atoms with van der Waals surface area (Å²) in [6.07, 6.45) is 1.22. The minimum absolute atomic E-state index is 0.0175. The Balaban J connectivity index is 2.15. The summed E-state index contributed by atoms with van der Waals surface area (Å²) in [6, 6.07) is 3.89. The molecule has 0 aliphatic rings. The van der Waals surface area contributed by atoms with E-state index in [4.69, 9.17) is 0 Å². The highest BCUT2D eigenvalue weighted by molar-refractivity contribution is 9.10. The number of aryl methyl sites for hydroxylation is 3. The number of aromatic nitrogens is 2. The van der Waals surface area contributed by atoms with E-state index in [1.54, 1.807) is 16.2 Å². The molecule has 23 heavy (non-hydrogen) atoms. The van der Waals surface area contributed by atoms with Crippen LogP contribution in [0.4, 0.5) is 0 Å². The summed E-state index contributed by atoms with van der Waals surface area (Å²) in [7, 11) is 1.85. The van der Waals surface area contributed by atoms with Crippen LogP contribution < -0.4 is 0 Å². The molecule has 2 aromatic heterocycles. The Kier molecular flexibility index (Phi) is 5.92. The molecule has 2 heterocycles. The van der Waals surface area contributed by atoms with Gasteiger partial charge in [0.05, 0.1) is 28.9 Å². The zero-order valence-electron chi connectivity index (χ0n) is 14.2. The summed E-state index contributed by atoms with van der Waals surface area (Å²) in [4.78, 5) is 24.6. The number of rotatable bonds is 5. The molecule has 6 heteroatoms. The summed E-state index contributed by atoms with van der Waals surface area (Å²) in [5.74, 6) is 0.0575. The Labute approximate surface area is 150 Å². The fourth-order valence-electron chi connectivity index (χ4n) is 2.38.